The largest absolute Gasteiger partial charge is 0.490 e. The van der Waals surface area contributed by atoms with Gasteiger partial charge in [0.15, 0.2) is 0 Å². The molecule has 2 amide bonds. The van der Waals surface area contributed by atoms with Crippen LogP contribution in [0.15, 0.2) is 72.8 Å². The Morgan fingerprint density at radius 1 is 0.929 bits per heavy atom. The number of amidine groups is 1. The fraction of sp³-hybridized carbons (Fsp3) is 0.138. The Kier molecular flexibility index (Phi) is 9.67. The molecule has 1 aliphatic rings. The number of benzene rings is 3. The molecule has 0 radical (unpaired) electrons. The maximum Gasteiger partial charge on any atom is 0.490 e. The molecule has 0 saturated carbocycles. The normalized spacial score (nSPS) is 12.6. The van der Waals surface area contributed by atoms with Gasteiger partial charge in [0, 0.05) is 28.9 Å². The number of hydrogen-bond donors (Lipinski definition) is 4. The number of carbonyl (C=O) groups excluding carboxylic acids is 2. The van der Waals surface area contributed by atoms with Gasteiger partial charge in [-0.15, -0.1) is 0 Å². The van der Waals surface area contributed by atoms with Crippen LogP contribution in [0.4, 0.5) is 24.5 Å². The number of amides is 2. The first-order chi connectivity index (χ1) is 19.8. The molecule has 4 rings (SSSR count). The number of aliphatic carboxylic acids is 2. The molecule has 0 fully saturated rings. The number of halogens is 3. The Hall–Kier alpha value is -5.64. The lowest BCUT2D eigenvalue weighted by Gasteiger charge is -2.22. The van der Waals surface area contributed by atoms with Crippen LogP contribution in [0.1, 0.15) is 33.5 Å². The van der Waals surface area contributed by atoms with E-state index in [9.17, 15) is 27.6 Å². The Morgan fingerprint density at radius 2 is 1.50 bits per heavy atom. The van der Waals surface area contributed by atoms with Crippen molar-refractivity contribution in [2.24, 2.45) is 5.73 Å². The second kappa shape index (κ2) is 13.1. The van der Waals surface area contributed by atoms with Gasteiger partial charge in [0.05, 0.1) is 17.7 Å². The van der Waals surface area contributed by atoms with E-state index in [2.05, 4.69) is 11.8 Å². The Morgan fingerprint density at radius 3 is 2.05 bits per heavy atom. The summed E-state index contributed by atoms with van der Waals surface area (Å²) >= 11 is 0. The van der Waals surface area contributed by atoms with E-state index < -0.39 is 24.0 Å². The smallest absolute Gasteiger partial charge is 0.481 e. The second-order valence-corrected chi connectivity index (χ2v) is 8.71. The van der Waals surface area contributed by atoms with Crippen molar-refractivity contribution in [3.8, 4) is 11.8 Å². The summed E-state index contributed by atoms with van der Waals surface area (Å²) in [4.78, 5) is 49.3. The summed E-state index contributed by atoms with van der Waals surface area (Å²) in [6.07, 6.45) is -5.35. The zero-order valence-corrected chi connectivity index (χ0v) is 21.7. The minimum absolute atomic E-state index is 0.0289. The van der Waals surface area contributed by atoms with Crippen molar-refractivity contribution in [2.75, 3.05) is 18.0 Å². The number of carbonyl (C=O) groups is 4. The number of carboxylic acids is 2. The summed E-state index contributed by atoms with van der Waals surface area (Å²) in [5.41, 5.74) is 8.64. The number of fused-ring (bicyclic) bond motifs is 1. The van der Waals surface area contributed by atoms with Crippen molar-refractivity contribution in [3.05, 3.63) is 95.1 Å². The van der Waals surface area contributed by atoms with E-state index >= 15 is 0 Å². The molecule has 0 aliphatic carbocycles. The molecule has 0 spiro atoms. The van der Waals surface area contributed by atoms with E-state index in [0.29, 0.717) is 28.1 Å². The van der Waals surface area contributed by atoms with Crippen LogP contribution in [0.2, 0.25) is 0 Å². The van der Waals surface area contributed by atoms with Gasteiger partial charge < -0.3 is 20.8 Å². The quantitative estimate of drug-likeness (QED) is 0.203. The molecular weight excluding hydrogens is 557 g/mol. The van der Waals surface area contributed by atoms with Crippen LogP contribution in [-0.2, 0) is 14.4 Å². The number of carboxylic acid groups (broad SMARTS) is 2. The summed E-state index contributed by atoms with van der Waals surface area (Å²) < 4.78 is 31.7. The average molecular weight is 581 g/mol. The number of nitrogens with one attached hydrogen (secondary N) is 1. The van der Waals surface area contributed by atoms with Crippen LogP contribution in [0, 0.1) is 17.3 Å². The van der Waals surface area contributed by atoms with Gasteiger partial charge in [0.1, 0.15) is 12.4 Å². The Balaban J connectivity index is 0.000000616. The summed E-state index contributed by atoms with van der Waals surface area (Å²) in [6, 6.07) is 20.9. The molecule has 0 aromatic heterocycles. The first kappa shape index (κ1) is 30.9. The summed E-state index contributed by atoms with van der Waals surface area (Å²) in [6.45, 7) is -0.320. The summed E-state index contributed by atoms with van der Waals surface area (Å²) in [5.74, 6) is 1.45. The predicted molar refractivity (Wildman–Crippen MR) is 145 cm³/mol. The molecule has 1 aliphatic heterocycles. The van der Waals surface area contributed by atoms with E-state index in [1.807, 2.05) is 6.07 Å². The minimum atomic E-state index is -5.08. The number of hydrogen-bond acceptors (Lipinski definition) is 5. The van der Waals surface area contributed by atoms with Gasteiger partial charge >= 0.3 is 18.1 Å². The molecule has 0 atom stereocenters. The monoisotopic (exact) mass is 580 g/mol. The second-order valence-electron chi connectivity index (χ2n) is 8.71. The van der Waals surface area contributed by atoms with Crippen molar-refractivity contribution in [1.82, 2.24) is 4.90 Å². The highest BCUT2D eigenvalue weighted by Crippen LogP contribution is 2.33. The van der Waals surface area contributed by atoms with Crippen LogP contribution < -0.4 is 10.6 Å². The maximum absolute atomic E-state index is 13.4. The summed E-state index contributed by atoms with van der Waals surface area (Å²) in [7, 11) is 0. The van der Waals surface area contributed by atoms with Gasteiger partial charge in [-0.2, -0.15) is 13.2 Å². The number of rotatable bonds is 5. The van der Waals surface area contributed by atoms with Crippen LogP contribution in [0.25, 0.3) is 0 Å². The number of nitrogens with zero attached hydrogens (tertiary/aromatic N) is 2. The maximum atomic E-state index is 13.4. The van der Waals surface area contributed by atoms with E-state index in [4.69, 9.17) is 26.2 Å². The van der Waals surface area contributed by atoms with Crippen molar-refractivity contribution in [3.63, 3.8) is 0 Å². The van der Waals surface area contributed by atoms with Crippen LogP contribution >= 0.6 is 0 Å². The van der Waals surface area contributed by atoms with E-state index in [1.165, 1.54) is 9.80 Å². The van der Waals surface area contributed by atoms with Crippen molar-refractivity contribution >= 4 is 41.0 Å². The fourth-order valence-electron chi connectivity index (χ4n) is 3.74. The molecule has 1 heterocycles. The standard InChI is InChI=1S/C27H22N4O4.C2HF3O2/c28-26(29)20-11-8-18(9-12-20)6-7-19-10-13-23-22(16-19)27(35)30(15-14-25(33)34)17-24(32)31(23)21-4-2-1-3-5-21;3-2(4,5)1(6)7/h1-5,8-13,16H,14-15,17H2,(H3,28,29)(H,33,34);(H,6,7). The molecule has 0 unspecified atom stereocenters. The molecular formula is C29H23F3N4O6. The topological polar surface area (TPSA) is 165 Å². The summed E-state index contributed by atoms with van der Waals surface area (Å²) in [5, 5.41) is 23.7. The molecule has 13 heteroatoms. The molecule has 0 saturated heterocycles. The van der Waals surface area contributed by atoms with E-state index in [-0.39, 0.29) is 36.8 Å². The van der Waals surface area contributed by atoms with Crippen LogP contribution in [-0.4, -0.2) is 64.0 Å². The average Bonchev–Trinajstić information content (AvgIpc) is 3.04. The molecule has 216 valence electrons. The van der Waals surface area contributed by atoms with Gasteiger partial charge in [-0.1, -0.05) is 42.2 Å². The predicted octanol–water partition coefficient (Wildman–Crippen LogP) is 3.60. The molecule has 3 aromatic rings. The van der Waals surface area contributed by atoms with Gasteiger partial charge in [0.25, 0.3) is 11.8 Å². The lowest BCUT2D eigenvalue weighted by Crippen LogP contribution is -2.38. The van der Waals surface area contributed by atoms with Gasteiger partial charge in [-0.25, -0.2) is 4.79 Å². The third kappa shape index (κ3) is 7.95. The molecule has 10 nitrogen and oxygen atoms in total. The SMILES string of the molecule is N=C(N)c1ccc(C#Cc2ccc3c(c2)C(=O)N(CCC(=O)O)CC(=O)N3c2ccccc2)cc1.O=C(O)C(F)(F)F. The lowest BCUT2D eigenvalue weighted by atomic mass is 10.1. The van der Waals surface area contributed by atoms with Gasteiger partial charge in [-0.05, 0) is 42.5 Å². The number of nitrogens with two attached hydrogens (primary N) is 1. The van der Waals surface area contributed by atoms with Gasteiger partial charge in [-0.3, -0.25) is 24.7 Å². The zero-order valence-electron chi connectivity index (χ0n) is 21.7. The third-order valence-corrected chi connectivity index (χ3v) is 5.73. The number of nitrogen functional groups attached to an aromatic ring is 1. The van der Waals surface area contributed by atoms with Crippen molar-refractivity contribution in [2.45, 2.75) is 12.6 Å². The van der Waals surface area contributed by atoms with E-state index in [1.54, 1.807) is 66.7 Å². The highest BCUT2D eigenvalue weighted by atomic mass is 19.4. The fourth-order valence-corrected chi connectivity index (χ4v) is 3.74. The third-order valence-electron chi connectivity index (χ3n) is 5.73. The van der Waals surface area contributed by atoms with Crippen molar-refractivity contribution < 1.29 is 42.6 Å². The highest BCUT2D eigenvalue weighted by molar-refractivity contribution is 6.13. The molecule has 0 bridgehead atoms. The minimum Gasteiger partial charge on any atom is -0.481 e. The molecule has 5 N–H and O–H groups in total. The number of anilines is 2. The molecule has 3 aromatic carbocycles. The zero-order chi connectivity index (χ0) is 31.0. The van der Waals surface area contributed by atoms with E-state index in [0.717, 1.165) is 0 Å². The number of para-hydroxylation sites is 1. The molecule has 42 heavy (non-hydrogen) atoms. The lowest BCUT2D eigenvalue weighted by molar-refractivity contribution is -0.192. The Labute approximate surface area is 237 Å². The number of alkyl halides is 3. The highest BCUT2D eigenvalue weighted by Gasteiger charge is 2.38. The first-order valence-corrected chi connectivity index (χ1v) is 12.1. The van der Waals surface area contributed by atoms with Gasteiger partial charge in [0.2, 0.25) is 0 Å². The van der Waals surface area contributed by atoms with Crippen LogP contribution in [0.3, 0.4) is 0 Å². The van der Waals surface area contributed by atoms with Crippen molar-refractivity contribution in [1.29, 1.82) is 5.41 Å². The first-order valence-electron chi connectivity index (χ1n) is 12.1. The Bertz CT molecular complexity index is 1580. The van der Waals surface area contributed by atoms with Crippen LogP contribution in [0.5, 0.6) is 0 Å².